The first-order valence-corrected chi connectivity index (χ1v) is 9.20. The first-order valence-electron chi connectivity index (χ1n) is 9.20. The van der Waals surface area contributed by atoms with E-state index in [-0.39, 0.29) is 5.92 Å². The van der Waals surface area contributed by atoms with Crippen LogP contribution in [-0.2, 0) is 22.5 Å². The molecule has 24 heavy (non-hydrogen) atoms. The standard InChI is InChI=1S/C18H26N4O2/c1-13-19-16-6-7-22(18(23)14-4-2-3-5-14)12-15(16)17(20-13)21-8-10-24-11-9-21/h14H,2-12H2,1H3. The van der Waals surface area contributed by atoms with Crippen LogP contribution in [0.2, 0.25) is 0 Å². The van der Waals surface area contributed by atoms with Gasteiger partial charge in [-0.2, -0.15) is 0 Å². The van der Waals surface area contributed by atoms with Crippen molar-refractivity contribution in [1.29, 1.82) is 0 Å². The Bertz CT molecular complexity index is 622. The molecule has 0 bridgehead atoms. The third-order valence-corrected chi connectivity index (χ3v) is 5.48. The number of hydrogen-bond donors (Lipinski definition) is 0. The number of aryl methyl sites for hydroxylation is 1. The predicted molar refractivity (Wildman–Crippen MR) is 90.9 cm³/mol. The molecule has 1 aromatic rings. The molecule has 0 atom stereocenters. The Morgan fingerprint density at radius 2 is 1.88 bits per heavy atom. The molecule has 0 aromatic carbocycles. The molecule has 130 valence electrons. The van der Waals surface area contributed by atoms with Crippen molar-refractivity contribution < 1.29 is 9.53 Å². The summed E-state index contributed by atoms with van der Waals surface area (Å²) in [5.74, 6) is 2.42. The Hall–Kier alpha value is -1.69. The summed E-state index contributed by atoms with van der Waals surface area (Å²) in [5, 5.41) is 0. The van der Waals surface area contributed by atoms with Crippen LogP contribution in [0.15, 0.2) is 0 Å². The monoisotopic (exact) mass is 330 g/mol. The Morgan fingerprint density at radius 1 is 1.12 bits per heavy atom. The number of nitrogens with zero attached hydrogens (tertiary/aromatic N) is 4. The number of aromatic nitrogens is 2. The van der Waals surface area contributed by atoms with Crippen LogP contribution in [0.3, 0.4) is 0 Å². The maximum absolute atomic E-state index is 12.8. The fourth-order valence-corrected chi connectivity index (χ4v) is 4.17. The van der Waals surface area contributed by atoms with Gasteiger partial charge in [0.1, 0.15) is 11.6 Å². The first-order chi connectivity index (χ1) is 11.7. The molecule has 0 spiro atoms. The number of ether oxygens (including phenoxy) is 1. The third-order valence-electron chi connectivity index (χ3n) is 5.48. The number of rotatable bonds is 2. The highest BCUT2D eigenvalue weighted by Gasteiger charge is 2.32. The van der Waals surface area contributed by atoms with Gasteiger partial charge in [0.2, 0.25) is 5.91 Å². The summed E-state index contributed by atoms with van der Waals surface area (Å²) < 4.78 is 5.47. The second kappa shape index (κ2) is 6.67. The largest absolute Gasteiger partial charge is 0.378 e. The van der Waals surface area contributed by atoms with Gasteiger partial charge >= 0.3 is 0 Å². The van der Waals surface area contributed by atoms with Gasteiger partial charge in [0, 0.05) is 37.5 Å². The smallest absolute Gasteiger partial charge is 0.225 e. The lowest BCUT2D eigenvalue weighted by Crippen LogP contribution is -2.42. The maximum atomic E-state index is 12.8. The van der Waals surface area contributed by atoms with E-state index in [0.717, 1.165) is 75.0 Å². The van der Waals surface area contributed by atoms with E-state index in [4.69, 9.17) is 9.72 Å². The minimum Gasteiger partial charge on any atom is -0.378 e. The van der Waals surface area contributed by atoms with E-state index < -0.39 is 0 Å². The van der Waals surface area contributed by atoms with Crippen LogP contribution in [0.5, 0.6) is 0 Å². The molecule has 0 radical (unpaired) electrons. The van der Waals surface area contributed by atoms with Crippen molar-refractivity contribution in [1.82, 2.24) is 14.9 Å². The van der Waals surface area contributed by atoms with Crippen molar-refractivity contribution in [2.75, 3.05) is 37.7 Å². The Kier molecular flexibility index (Phi) is 4.39. The summed E-state index contributed by atoms with van der Waals surface area (Å²) in [6, 6.07) is 0. The van der Waals surface area contributed by atoms with E-state index >= 15 is 0 Å². The van der Waals surface area contributed by atoms with Crippen LogP contribution in [0.1, 0.15) is 42.8 Å². The molecule has 2 aliphatic heterocycles. The Balaban J connectivity index is 1.60. The van der Waals surface area contributed by atoms with Gasteiger partial charge in [-0.05, 0) is 19.8 Å². The highest BCUT2D eigenvalue weighted by Crippen LogP contribution is 2.31. The van der Waals surface area contributed by atoms with Crippen LogP contribution in [0.4, 0.5) is 5.82 Å². The summed E-state index contributed by atoms with van der Waals surface area (Å²) in [6.07, 6.45) is 5.35. The lowest BCUT2D eigenvalue weighted by molar-refractivity contribution is -0.136. The third kappa shape index (κ3) is 2.99. The van der Waals surface area contributed by atoms with Crippen molar-refractivity contribution in [3.63, 3.8) is 0 Å². The van der Waals surface area contributed by atoms with E-state index in [9.17, 15) is 4.79 Å². The zero-order valence-electron chi connectivity index (χ0n) is 14.5. The lowest BCUT2D eigenvalue weighted by Gasteiger charge is -2.35. The van der Waals surface area contributed by atoms with Gasteiger partial charge in [-0.15, -0.1) is 0 Å². The van der Waals surface area contributed by atoms with Crippen molar-refractivity contribution in [2.24, 2.45) is 5.92 Å². The molecule has 2 fully saturated rings. The molecule has 3 heterocycles. The van der Waals surface area contributed by atoms with Crippen LogP contribution in [0.25, 0.3) is 0 Å². The van der Waals surface area contributed by atoms with Crippen LogP contribution < -0.4 is 4.90 Å². The van der Waals surface area contributed by atoms with Crippen LogP contribution >= 0.6 is 0 Å². The average Bonchev–Trinajstić information content (AvgIpc) is 3.15. The Labute approximate surface area is 143 Å². The highest BCUT2D eigenvalue weighted by molar-refractivity contribution is 5.79. The Morgan fingerprint density at radius 3 is 2.62 bits per heavy atom. The fourth-order valence-electron chi connectivity index (χ4n) is 4.17. The number of amides is 1. The van der Waals surface area contributed by atoms with Gasteiger partial charge in [0.25, 0.3) is 0 Å². The molecule has 6 heteroatoms. The van der Waals surface area contributed by atoms with Crippen LogP contribution in [0, 0.1) is 12.8 Å². The summed E-state index contributed by atoms with van der Waals surface area (Å²) in [7, 11) is 0. The van der Waals surface area contributed by atoms with Crippen molar-refractivity contribution in [2.45, 2.75) is 45.6 Å². The summed E-state index contributed by atoms with van der Waals surface area (Å²) >= 11 is 0. The summed E-state index contributed by atoms with van der Waals surface area (Å²) in [4.78, 5) is 26.5. The van der Waals surface area contributed by atoms with Gasteiger partial charge in [-0.1, -0.05) is 12.8 Å². The topological polar surface area (TPSA) is 58.6 Å². The molecule has 1 aromatic heterocycles. The van der Waals surface area contributed by atoms with Crippen molar-refractivity contribution in [3.8, 4) is 0 Å². The van der Waals surface area contributed by atoms with E-state index in [1.165, 1.54) is 12.8 Å². The number of anilines is 1. The number of morpholine rings is 1. The fraction of sp³-hybridized carbons (Fsp3) is 0.722. The molecular weight excluding hydrogens is 304 g/mol. The molecule has 0 N–H and O–H groups in total. The normalized spacial score (nSPS) is 21.9. The second-order valence-electron chi connectivity index (χ2n) is 7.11. The number of hydrogen-bond acceptors (Lipinski definition) is 5. The second-order valence-corrected chi connectivity index (χ2v) is 7.11. The van der Waals surface area contributed by atoms with Crippen molar-refractivity contribution >= 4 is 11.7 Å². The molecule has 1 saturated carbocycles. The van der Waals surface area contributed by atoms with E-state index in [1.807, 2.05) is 11.8 Å². The van der Waals surface area contributed by atoms with Crippen LogP contribution in [-0.4, -0.2) is 53.6 Å². The molecule has 0 unspecified atom stereocenters. The number of carbonyl (C=O) groups is 1. The van der Waals surface area contributed by atoms with E-state index in [0.29, 0.717) is 12.5 Å². The molecule has 4 rings (SSSR count). The lowest BCUT2D eigenvalue weighted by atomic mass is 10.0. The summed E-state index contributed by atoms with van der Waals surface area (Å²) in [6.45, 7) is 6.61. The van der Waals surface area contributed by atoms with Gasteiger partial charge in [-0.3, -0.25) is 4.79 Å². The van der Waals surface area contributed by atoms with E-state index in [1.54, 1.807) is 0 Å². The molecule has 1 saturated heterocycles. The molecule has 1 amide bonds. The molecule has 3 aliphatic rings. The van der Waals surface area contributed by atoms with Gasteiger partial charge < -0.3 is 14.5 Å². The zero-order valence-corrected chi connectivity index (χ0v) is 14.5. The SMILES string of the molecule is Cc1nc2c(c(N3CCOCC3)n1)CN(C(=O)C1CCCC1)CC2. The number of carbonyl (C=O) groups excluding carboxylic acids is 1. The maximum Gasteiger partial charge on any atom is 0.225 e. The summed E-state index contributed by atoms with van der Waals surface area (Å²) in [5.41, 5.74) is 2.28. The van der Waals surface area contributed by atoms with Gasteiger partial charge in [-0.25, -0.2) is 9.97 Å². The zero-order chi connectivity index (χ0) is 16.5. The first kappa shape index (κ1) is 15.8. The molecule has 1 aliphatic carbocycles. The predicted octanol–water partition coefficient (Wildman–Crippen LogP) is 1.70. The van der Waals surface area contributed by atoms with Gasteiger partial charge in [0.05, 0.1) is 25.5 Å². The highest BCUT2D eigenvalue weighted by atomic mass is 16.5. The van der Waals surface area contributed by atoms with Crippen molar-refractivity contribution in [3.05, 3.63) is 17.1 Å². The van der Waals surface area contributed by atoms with E-state index in [2.05, 4.69) is 9.88 Å². The average molecular weight is 330 g/mol. The quantitative estimate of drug-likeness (QED) is 0.826. The number of fused-ring (bicyclic) bond motifs is 1. The molecule has 6 nitrogen and oxygen atoms in total. The minimum absolute atomic E-state index is 0.241. The molecular formula is C18H26N4O2. The van der Waals surface area contributed by atoms with Gasteiger partial charge in [0.15, 0.2) is 0 Å². The minimum atomic E-state index is 0.241.